The highest BCUT2D eigenvalue weighted by Crippen LogP contribution is 2.29. The number of benzene rings is 1. The molecule has 1 fully saturated rings. The Morgan fingerprint density at radius 2 is 2.00 bits per heavy atom. The second kappa shape index (κ2) is 6.89. The van der Waals surface area contributed by atoms with Gasteiger partial charge in [-0.25, -0.2) is 4.39 Å². The van der Waals surface area contributed by atoms with Crippen molar-refractivity contribution in [2.75, 3.05) is 13.6 Å². The van der Waals surface area contributed by atoms with Crippen LogP contribution in [0, 0.1) is 11.7 Å². The largest absolute Gasteiger partial charge is 0.505 e. The van der Waals surface area contributed by atoms with Crippen molar-refractivity contribution in [3.05, 3.63) is 29.1 Å². The molecule has 0 aromatic heterocycles. The summed E-state index contributed by atoms with van der Waals surface area (Å²) in [5.74, 6) is -0.790. The number of hydrogen-bond acceptors (Lipinski definition) is 3. The van der Waals surface area contributed by atoms with Gasteiger partial charge in [-0.1, -0.05) is 25.3 Å². The average molecular weight is 294 g/mol. The summed E-state index contributed by atoms with van der Waals surface area (Å²) in [4.78, 5) is 12.8. The molecule has 0 saturated heterocycles. The van der Waals surface area contributed by atoms with Crippen molar-refractivity contribution in [2.24, 2.45) is 11.7 Å². The Hall–Kier alpha value is -1.62. The normalized spacial score (nSPS) is 18.2. The van der Waals surface area contributed by atoms with Crippen LogP contribution < -0.4 is 5.73 Å². The summed E-state index contributed by atoms with van der Waals surface area (Å²) in [5, 5.41) is 9.04. The molecule has 0 radical (unpaired) electrons. The molecule has 1 aliphatic heterocycles. The number of phenols is 1. The molecule has 5 heteroatoms. The molecule has 1 aromatic rings. The Bertz CT molecular complexity index is 513. The molecular formula is C16H23FN2O2. The highest BCUT2D eigenvalue weighted by atomic mass is 19.1. The van der Waals surface area contributed by atoms with E-state index in [4.69, 9.17) is 10.8 Å². The van der Waals surface area contributed by atoms with Crippen molar-refractivity contribution < 1.29 is 14.3 Å². The highest BCUT2D eigenvalue weighted by Gasteiger charge is 2.29. The van der Waals surface area contributed by atoms with Gasteiger partial charge in [-0.05, 0) is 36.9 Å². The van der Waals surface area contributed by atoms with Crippen LogP contribution in [0.4, 0.5) is 4.39 Å². The molecule has 21 heavy (non-hydrogen) atoms. The molecule has 2 aliphatic rings. The van der Waals surface area contributed by atoms with Gasteiger partial charge >= 0.3 is 0 Å². The smallest absolute Gasteiger partial charge is 0.257 e. The molecular weight excluding hydrogens is 271 g/mol. The Morgan fingerprint density at radius 1 is 1.33 bits per heavy atom. The quantitative estimate of drug-likeness (QED) is 0.836. The van der Waals surface area contributed by atoms with Crippen molar-refractivity contribution in [3.63, 3.8) is 0 Å². The van der Waals surface area contributed by atoms with Crippen LogP contribution in [-0.2, 0) is 6.54 Å². The maximum Gasteiger partial charge on any atom is 0.257 e. The first-order chi connectivity index (χ1) is 10.0. The molecule has 1 heterocycles. The van der Waals surface area contributed by atoms with E-state index in [2.05, 4.69) is 0 Å². The Balaban J connectivity index is 0.000000173. The van der Waals surface area contributed by atoms with Crippen LogP contribution in [0.1, 0.15) is 48.0 Å². The minimum absolute atomic E-state index is 0.00231. The van der Waals surface area contributed by atoms with E-state index in [1.54, 1.807) is 13.1 Å². The Kier molecular flexibility index (Phi) is 5.17. The Labute approximate surface area is 124 Å². The lowest BCUT2D eigenvalue weighted by Gasteiger charge is -2.18. The molecule has 3 rings (SSSR count). The van der Waals surface area contributed by atoms with E-state index >= 15 is 0 Å². The van der Waals surface area contributed by atoms with Gasteiger partial charge in [0.25, 0.3) is 5.91 Å². The summed E-state index contributed by atoms with van der Waals surface area (Å²) in [6, 6.07) is 2.83. The van der Waals surface area contributed by atoms with Crippen LogP contribution in [0.15, 0.2) is 12.1 Å². The average Bonchev–Trinajstić information content (AvgIpc) is 2.80. The first kappa shape index (κ1) is 15.8. The van der Waals surface area contributed by atoms with Crippen molar-refractivity contribution in [3.8, 4) is 5.75 Å². The van der Waals surface area contributed by atoms with Crippen LogP contribution in [0.25, 0.3) is 0 Å². The lowest BCUT2D eigenvalue weighted by Crippen LogP contribution is -2.18. The van der Waals surface area contributed by atoms with Gasteiger partial charge in [0, 0.05) is 13.6 Å². The summed E-state index contributed by atoms with van der Waals surface area (Å²) in [6.45, 7) is 1.32. The number of fused-ring (bicyclic) bond motifs is 1. The number of carbonyl (C=O) groups is 1. The molecule has 1 saturated carbocycles. The molecule has 3 N–H and O–H groups in total. The predicted molar refractivity (Wildman–Crippen MR) is 79.5 cm³/mol. The van der Waals surface area contributed by atoms with E-state index < -0.39 is 11.6 Å². The zero-order chi connectivity index (χ0) is 15.4. The topological polar surface area (TPSA) is 66.6 Å². The predicted octanol–water partition coefficient (Wildman–Crippen LogP) is 2.64. The summed E-state index contributed by atoms with van der Waals surface area (Å²) >= 11 is 0. The van der Waals surface area contributed by atoms with Gasteiger partial charge in [0.2, 0.25) is 0 Å². The summed E-state index contributed by atoms with van der Waals surface area (Å²) in [6.07, 6.45) is 7.05. The summed E-state index contributed by atoms with van der Waals surface area (Å²) in [7, 11) is 1.60. The number of aromatic hydroxyl groups is 1. The monoisotopic (exact) mass is 294 g/mol. The Morgan fingerprint density at radius 3 is 2.57 bits per heavy atom. The number of nitrogens with zero attached hydrogens (tertiary/aromatic N) is 1. The van der Waals surface area contributed by atoms with Gasteiger partial charge in [-0.3, -0.25) is 4.79 Å². The zero-order valence-corrected chi connectivity index (χ0v) is 12.4. The number of halogens is 1. The lowest BCUT2D eigenvalue weighted by atomic mass is 9.90. The number of rotatable bonds is 1. The zero-order valence-electron chi connectivity index (χ0n) is 12.4. The van der Waals surface area contributed by atoms with E-state index in [0.717, 1.165) is 12.5 Å². The molecule has 116 valence electrons. The van der Waals surface area contributed by atoms with Crippen LogP contribution in [0.2, 0.25) is 0 Å². The number of phenolic OH excluding ortho intramolecular Hbond substituents is 1. The third-order valence-electron chi connectivity index (χ3n) is 4.23. The first-order valence-corrected chi connectivity index (χ1v) is 7.50. The van der Waals surface area contributed by atoms with Crippen LogP contribution in [0.3, 0.4) is 0 Å². The summed E-state index contributed by atoms with van der Waals surface area (Å²) < 4.78 is 13.2. The van der Waals surface area contributed by atoms with Gasteiger partial charge in [-0.2, -0.15) is 0 Å². The SMILES string of the molecule is CN1Cc2ccc(O)c(F)c2C1=O.NCC1CCCCC1. The fourth-order valence-electron chi connectivity index (χ4n) is 2.91. The standard InChI is InChI=1S/C9H8FNO2.C7H15N/c1-11-4-5-2-3-6(12)8(10)7(5)9(11)13;8-6-7-4-2-1-3-5-7/h2-3,12H,4H2,1H3;7H,1-6,8H2. The molecule has 0 atom stereocenters. The molecule has 0 bridgehead atoms. The molecule has 1 aliphatic carbocycles. The van der Waals surface area contributed by atoms with Crippen molar-refractivity contribution in [1.29, 1.82) is 0 Å². The van der Waals surface area contributed by atoms with Gasteiger partial charge in [0.15, 0.2) is 11.6 Å². The highest BCUT2D eigenvalue weighted by molar-refractivity contribution is 5.98. The molecule has 1 aromatic carbocycles. The number of hydrogen-bond donors (Lipinski definition) is 2. The second-order valence-electron chi connectivity index (χ2n) is 5.83. The van der Waals surface area contributed by atoms with Crippen LogP contribution in [0.5, 0.6) is 5.75 Å². The van der Waals surface area contributed by atoms with E-state index in [1.807, 2.05) is 0 Å². The van der Waals surface area contributed by atoms with E-state index in [0.29, 0.717) is 12.1 Å². The maximum absolute atomic E-state index is 13.2. The first-order valence-electron chi connectivity index (χ1n) is 7.50. The van der Waals surface area contributed by atoms with Crippen molar-refractivity contribution in [1.82, 2.24) is 4.90 Å². The fourth-order valence-corrected chi connectivity index (χ4v) is 2.91. The lowest BCUT2D eigenvalue weighted by molar-refractivity contribution is 0.0812. The summed E-state index contributed by atoms with van der Waals surface area (Å²) in [5.41, 5.74) is 6.13. The van der Waals surface area contributed by atoms with E-state index in [-0.39, 0.29) is 11.5 Å². The van der Waals surface area contributed by atoms with Gasteiger partial charge < -0.3 is 15.7 Å². The number of carbonyl (C=O) groups excluding carboxylic acids is 1. The third-order valence-corrected chi connectivity index (χ3v) is 4.23. The van der Waals surface area contributed by atoms with Gasteiger partial charge in [-0.15, -0.1) is 0 Å². The molecule has 4 nitrogen and oxygen atoms in total. The fraction of sp³-hybridized carbons (Fsp3) is 0.562. The molecule has 0 spiro atoms. The van der Waals surface area contributed by atoms with Crippen molar-refractivity contribution in [2.45, 2.75) is 38.6 Å². The van der Waals surface area contributed by atoms with E-state index in [9.17, 15) is 9.18 Å². The number of nitrogens with two attached hydrogens (primary N) is 1. The maximum atomic E-state index is 13.2. The minimum Gasteiger partial charge on any atom is -0.505 e. The van der Waals surface area contributed by atoms with Crippen LogP contribution >= 0.6 is 0 Å². The van der Waals surface area contributed by atoms with Gasteiger partial charge in [0.1, 0.15) is 0 Å². The minimum atomic E-state index is -0.813. The van der Waals surface area contributed by atoms with E-state index in [1.165, 1.54) is 43.1 Å². The number of amides is 1. The van der Waals surface area contributed by atoms with Gasteiger partial charge in [0.05, 0.1) is 5.56 Å². The molecule has 0 unspecified atom stereocenters. The molecule has 1 amide bonds. The third kappa shape index (κ3) is 3.53. The van der Waals surface area contributed by atoms with Crippen molar-refractivity contribution >= 4 is 5.91 Å². The van der Waals surface area contributed by atoms with Crippen LogP contribution in [-0.4, -0.2) is 29.5 Å². The second-order valence-corrected chi connectivity index (χ2v) is 5.83.